The van der Waals surface area contributed by atoms with Crippen molar-refractivity contribution in [1.82, 2.24) is 0 Å². The topological polar surface area (TPSA) is 30.5 Å². The first-order valence-corrected chi connectivity index (χ1v) is 6.66. The van der Waals surface area contributed by atoms with Crippen LogP contribution in [0.2, 0.25) is 0 Å². The molecule has 2 heterocycles. The van der Waals surface area contributed by atoms with Gasteiger partial charge in [-0.3, -0.25) is 0 Å². The maximum absolute atomic E-state index is 12.9. The van der Waals surface area contributed by atoms with Crippen molar-refractivity contribution < 1.29 is 18.3 Å². The van der Waals surface area contributed by atoms with Gasteiger partial charge in [0.1, 0.15) is 0 Å². The Labute approximate surface area is 112 Å². The molecule has 0 fully saturated rings. The summed E-state index contributed by atoms with van der Waals surface area (Å²) in [5, 5.41) is 7.26. The number of halogens is 2. The summed E-state index contributed by atoms with van der Waals surface area (Å²) in [5.74, 6) is 0.103. The van der Waals surface area contributed by atoms with Crippen molar-refractivity contribution in [3.63, 3.8) is 0 Å². The Morgan fingerprint density at radius 2 is 2.00 bits per heavy atom. The highest BCUT2D eigenvalue weighted by molar-refractivity contribution is 7.07. The Balaban J connectivity index is 1.77. The lowest BCUT2D eigenvalue weighted by Gasteiger charge is -2.14. The molecule has 3 nitrogen and oxygen atoms in total. The number of ether oxygens (including phenoxy) is 2. The monoisotopic (exact) mass is 283 g/mol. The van der Waals surface area contributed by atoms with E-state index in [4.69, 9.17) is 0 Å². The van der Waals surface area contributed by atoms with Crippen molar-refractivity contribution in [2.45, 2.75) is 19.3 Å². The molecule has 0 aliphatic carbocycles. The van der Waals surface area contributed by atoms with Gasteiger partial charge < -0.3 is 14.8 Å². The Hall–Kier alpha value is -1.82. The fourth-order valence-electron chi connectivity index (χ4n) is 1.89. The van der Waals surface area contributed by atoms with Crippen LogP contribution in [0.15, 0.2) is 35.0 Å². The molecule has 1 unspecified atom stereocenters. The van der Waals surface area contributed by atoms with Crippen LogP contribution in [0.3, 0.4) is 0 Å². The Morgan fingerprint density at radius 1 is 1.21 bits per heavy atom. The highest BCUT2D eigenvalue weighted by Gasteiger charge is 2.43. The van der Waals surface area contributed by atoms with Crippen LogP contribution in [-0.2, 0) is 0 Å². The van der Waals surface area contributed by atoms with Crippen LogP contribution in [0.5, 0.6) is 11.5 Å². The van der Waals surface area contributed by atoms with Gasteiger partial charge in [0, 0.05) is 17.8 Å². The summed E-state index contributed by atoms with van der Waals surface area (Å²) in [4.78, 5) is 0. The molecule has 1 atom stereocenters. The van der Waals surface area contributed by atoms with Gasteiger partial charge in [0.15, 0.2) is 11.5 Å². The first kappa shape index (κ1) is 12.2. The number of nitrogens with one attached hydrogen (secondary N) is 1. The van der Waals surface area contributed by atoms with Crippen LogP contribution in [0.4, 0.5) is 14.5 Å². The van der Waals surface area contributed by atoms with E-state index in [1.807, 2.05) is 23.8 Å². The van der Waals surface area contributed by atoms with E-state index in [0.29, 0.717) is 5.69 Å². The van der Waals surface area contributed by atoms with Crippen molar-refractivity contribution in [3.8, 4) is 11.5 Å². The number of rotatable bonds is 3. The molecule has 0 amide bonds. The number of hydrogen-bond acceptors (Lipinski definition) is 4. The third-order valence-corrected chi connectivity index (χ3v) is 3.53. The standard InChI is InChI=1S/C13H11F2NO2S/c1-8(9-4-5-19-7-9)16-10-2-3-11-12(6-10)18-13(14,15)17-11/h2-8,16H,1H3. The summed E-state index contributed by atoms with van der Waals surface area (Å²) < 4.78 is 34.5. The number of hydrogen-bond donors (Lipinski definition) is 1. The molecule has 1 aliphatic rings. The van der Waals surface area contributed by atoms with Gasteiger partial charge in [-0.2, -0.15) is 11.3 Å². The van der Waals surface area contributed by atoms with Gasteiger partial charge >= 0.3 is 6.29 Å². The van der Waals surface area contributed by atoms with Crippen LogP contribution in [0.25, 0.3) is 0 Å². The van der Waals surface area contributed by atoms with E-state index < -0.39 is 6.29 Å². The Morgan fingerprint density at radius 3 is 2.74 bits per heavy atom. The summed E-state index contributed by atoms with van der Waals surface area (Å²) in [6.07, 6.45) is -3.57. The van der Waals surface area contributed by atoms with Crippen molar-refractivity contribution in [3.05, 3.63) is 40.6 Å². The van der Waals surface area contributed by atoms with E-state index in [-0.39, 0.29) is 17.5 Å². The molecule has 3 rings (SSSR count). The molecule has 2 aromatic rings. The minimum absolute atomic E-state index is 0.0486. The molecule has 6 heteroatoms. The predicted octanol–water partition coefficient (Wildman–Crippen LogP) is 4.24. The zero-order chi connectivity index (χ0) is 13.5. The second-order valence-electron chi connectivity index (χ2n) is 4.25. The van der Waals surface area contributed by atoms with Crippen LogP contribution in [0, 0.1) is 0 Å². The molecular formula is C13H11F2NO2S. The van der Waals surface area contributed by atoms with E-state index in [1.54, 1.807) is 17.4 Å². The first-order valence-electron chi connectivity index (χ1n) is 5.72. The number of anilines is 1. The SMILES string of the molecule is CC(Nc1ccc2c(c1)OC(F)(F)O2)c1ccsc1. The smallest absolute Gasteiger partial charge is 0.395 e. The highest BCUT2D eigenvalue weighted by Crippen LogP contribution is 2.42. The number of fused-ring (bicyclic) bond motifs is 1. The number of thiophene rings is 1. The molecule has 1 aromatic carbocycles. The third-order valence-electron chi connectivity index (χ3n) is 2.83. The van der Waals surface area contributed by atoms with Crippen LogP contribution >= 0.6 is 11.3 Å². The minimum Gasteiger partial charge on any atom is -0.395 e. The van der Waals surface area contributed by atoms with Gasteiger partial charge in [-0.15, -0.1) is 8.78 Å². The van der Waals surface area contributed by atoms with E-state index >= 15 is 0 Å². The summed E-state index contributed by atoms with van der Waals surface area (Å²) in [6, 6.07) is 6.78. The van der Waals surface area contributed by atoms with Crippen LogP contribution < -0.4 is 14.8 Å². The number of alkyl halides is 2. The van der Waals surface area contributed by atoms with Crippen LogP contribution in [0.1, 0.15) is 18.5 Å². The normalized spacial score (nSPS) is 17.2. The second-order valence-corrected chi connectivity index (χ2v) is 5.03. The predicted molar refractivity (Wildman–Crippen MR) is 69.0 cm³/mol. The van der Waals surface area contributed by atoms with Crippen LogP contribution in [-0.4, -0.2) is 6.29 Å². The summed E-state index contributed by atoms with van der Waals surface area (Å²) in [6.45, 7) is 2.00. The van der Waals surface area contributed by atoms with Gasteiger partial charge in [-0.1, -0.05) is 0 Å². The van der Waals surface area contributed by atoms with Gasteiger partial charge in [0.2, 0.25) is 0 Å². The average Bonchev–Trinajstić information content (AvgIpc) is 2.93. The quantitative estimate of drug-likeness (QED) is 0.913. The molecule has 19 heavy (non-hydrogen) atoms. The molecule has 100 valence electrons. The second kappa shape index (κ2) is 4.38. The van der Waals surface area contributed by atoms with Crippen molar-refractivity contribution in [1.29, 1.82) is 0 Å². The lowest BCUT2D eigenvalue weighted by Crippen LogP contribution is -2.25. The fourth-order valence-corrected chi connectivity index (χ4v) is 2.65. The zero-order valence-corrected chi connectivity index (χ0v) is 10.8. The lowest BCUT2D eigenvalue weighted by atomic mass is 10.1. The van der Waals surface area contributed by atoms with Gasteiger partial charge in [0.25, 0.3) is 0 Å². The Kier molecular flexibility index (Phi) is 2.82. The molecular weight excluding hydrogens is 272 g/mol. The molecule has 1 aromatic heterocycles. The van der Waals surface area contributed by atoms with E-state index in [1.165, 1.54) is 12.1 Å². The number of benzene rings is 1. The molecule has 0 saturated heterocycles. The maximum atomic E-state index is 12.9. The highest BCUT2D eigenvalue weighted by atomic mass is 32.1. The zero-order valence-electron chi connectivity index (χ0n) is 10.0. The average molecular weight is 283 g/mol. The molecule has 0 saturated carbocycles. The van der Waals surface area contributed by atoms with Crippen molar-refractivity contribution in [2.24, 2.45) is 0 Å². The summed E-state index contributed by atoms with van der Waals surface area (Å²) in [7, 11) is 0. The molecule has 0 bridgehead atoms. The maximum Gasteiger partial charge on any atom is 0.586 e. The summed E-state index contributed by atoms with van der Waals surface area (Å²) >= 11 is 1.61. The minimum atomic E-state index is -3.57. The Bertz CT molecular complexity index is 586. The van der Waals surface area contributed by atoms with Gasteiger partial charge in [-0.25, -0.2) is 0 Å². The largest absolute Gasteiger partial charge is 0.586 e. The van der Waals surface area contributed by atoms with Gasteiger partial charge in [0.05, 0.1) is 0 Å². The van der Waals surface area contributed by atoms with Gasteiger partial charge in [-0.05, 0) is 41.4 Å². The van der Waals surface area contributed by atoms with E-state index in [9.17, 15) is 8.78 Å². The molecule has 0 radical (unpaired) electrons. The van der Waals surface area contributed by atoms with E-state index in [2.05, 4.69) is 14.8 Å². The molecule has 1 N–H and O–H groups in total. The lowest BCUT2D eigenvalue weighted by molar-refractivity contribution is -0.286. The third kappa shape index (κ3) is 2.49. The first-order chi connectivity index (χ1) is 9.03. The van der Waals surface area contributed by atoms with Crippen molar-refractivity contribution in [2.75, 3.05) is 5.32 Å². The molecule has 1 aliphatic heterocycles. The fraction of sp³-hybridized carbons (Fsp3) is 0.231. The van der Waals surface area contributed by atoms with E-state index in [0.717, 1.165) is 5.56 Å². The summed E-state index contributed by atoms with van der Waals surface area (Å²) in [5.41, 5.74) is 1.85. The molecule has 0 spiro atoms. The van der Waals surface area contributed by atoms with Crippen molar-refractivity contribution >= 4 is 17.0 Å².